The predicted molar refractivity (Wildman–Crippen MR) is 77.9 cm³/mol. The maximum absolute atomic E-state index is 6.19. The monoisotopic (exact) mass is 259 g/mol. The lowest BCUT2D eigenvalue weighted by atomic mass is 10.1. The molecule has 0 aromatic heterocycles. The van der Waals surface area contributed by atoms with Crippen LogP contribution in [0, 0.1) is 13.8 Å². The highest BCUT2D eigenvalue weighted by atomic mass is 35.5. The molecule has 0 amide bonds. The Kier molecular flexibility index (Phi) is 4.40. The summed E-state index contributed by atoms with van der Waals surface area (Å²) in [5.74, 6) is 0. The maximum Gasteiger partial charge on any atom is 0.0453 e. The highest BCUT2D eigenvalue weighted by Gasteiger charge is 2.00. The summed E-state index contributed by atoms with van der Waals surface area (Å²) >= 11 is 6.19. The Labute approximate surface area is 114 Å². The fourth-order valence-corrected chi connectivity index (χ4v) is 2.15. The number of benzene rings is 2. The van der Waals surface area contributed by atoms with Gasteiger partial charge in [-0.3, -0.25) is 0 Å². The molecule has 2 heteroatoms. The van der Waals surface area contributed by atoms with E-state index in [0.29, 0.717) is 0 Å². The molecule has 0 saturated carbocycles. The first-order valence-corrected chi connectivity index (χ1v) is 6.54. The summed E-state index contributed by atoms with van der Waals surface area (Å²) in [6, 6.07) is 14.8. The molecule has 2 aromatic carbocycles. The van der Waals surface area contributed by atoms with E-state index in [1.54, 1.807) is 0 Å². The summed E-state index contributed by atoms with van der Waals surface area (Å²) < 4.78 is 0. The van der Waals surface area contributed by atoms with Crippen molar-refractivity contribution in [2.24, 2.45) is 0 Å². The van der Waals surface area contributed by atoms with Gasteiger partial charge in [-0.25, -0.2) is 0 Å². The van der Waals surface area contributed by atoms with Gasteiger partial charge in [0.05, 0.1) is 0 Å². The van der Waals surface area contributed by atoms with Crippen LogP contribution in [-0.4, -0.2) is 0 Å². The fraction of sp³-hybridized carbons (Fsp3) is 0.250. The van der Waals surface area contributed by atoms with E-state index in [0.717, 1.165) is 23.7 Å². The molecule has 0 atom stereocenters. The van der Waals surface area contributed by atoms with E-state index >= 15 is 0 Å². The Hall–Kier alpha value is -1.31. The van der Waals surface area contributed by atoms with E-state index in [2.05, 4.69) is 55.6 Å². The van der Waals surface area contributed by atoms with E-state index in [1.165, 1.54) is 16.7 Å². The Morgan fingerprint density at radius 1 is 0.889 bits per heavy atom. The lowest BCUT2D eigenvalue weighted by molar-refractivity contribution is 0.693. The summed E-state index contributed by atoms with van der Waals surface area (Å²) in [6.07, 6.45) is 0. The zero-order chi connectivity index (χ0) is 13.0. The first-order valence-electron chi connectivity index (χ1n) is 6.16. The molecular weight excluding hydrogens is 242 g/mol. The first kappa shape index (κ1) is 13.1. The van der Waals surface area contributed by atoms with Crippen molar-refractivity contribution in [3.8, 4) is 0 Å². The van der Waals surface area contributed by atoms with Crippen LogP contribution >= 0.6 is 11.6 Å². The molecule has 0 heterocycles. The molecule has 94 valence electrons. The van der Waals surface area contributed by atoms with Gasteiger partial charge < -0.3 is 5.32 Å². The van der Waals surface area contributed by atoms with Gasteiger partial charge in [-0.15, -0.1) is 0 Å². The van der Waals surface area contributed by atoms with Crippen LogP contribution in [0.1, 0.15) is 22.3 Å². The average Bonchev–Trinajstić information content (AvgIpc) is 2.34. The number of hydrogen-bond acceptors (Lipinski definition) is 1. The minimum absolute atomic E-state index is 0.799. The van der Waals surface area contributed by atoms with Gasteiger partial charge >= 0.3 is 0 Å². The van der Waals surface area contributed by atoms with Crippen molar-refractivity contribution in [3.63, 3.8) is 0 Å². The highest BCUT2D eigenvalue weighted by molar-refractivity contribution is 6.31. The molecule has 2 aromatic rings. The second-order valence-corrected chi connectivity index (χ2v) is 5.09. The van der Waals surface area contributed by atoms with Gasteiger partial charge in [-0.2, -0.15) is 0 Å². The summed E-state index contributed by atoms with van der Waals surface area (Å²) in [5, 5.41) is 4.25. The lowest BCUT2D eigenvalue weighted by Gasteiger charge is -2.08. The summed E-state index contributed by atoms with van der Waals surface area (Å²) in [4.78, 5) is 0. The average molecular weight is 260 g/mol. The van der Waals surface area contributed by atoms with Crippen LogP contribution in [0.2, 0.25) is 5.02 Å². The fourth-order valence-electron chi connectivity index (χ4n) is 1.84. The van der Waals surface area contributed by atoms with Gasteiger partial charge in [0, 0.05) is 18.1 Å². The van der Waals surface area contributed by atoms with Gasteiger partial charge in [0.25, 0.3) is 0 Å². The second kappa shape index (κ2) is 6.03. The lowest BCUT2D eigenvalue weighted by Crippen LogP contribution is -2.12. The third kappa shape index (κ3) is 3.59. The molecule has 0 aliphatic carbocycles. The Bertz CT molecular complexity index is 517. The van der Waals surface area contributed by atoms with E-state index in [9.17, 15) is 0 Å². The van der Waals surface area contributed by atoms with Gasteiger partial charge in [0.15, 0.2) is 0 Å². The molecule has 2 rings (SSSR count). The highest BCUT2D eigenvalue weighted by Crippen LogP contribution is 2.17. The normalized spacial score (nSPS) is 10.6. The molecule has 0 radical (unpaired) electrons. The van der Waals surface area contributed by atoms with Crippen LogP contribution in [0.25, 0.3) is 0 Å². The summed E-state index contributed by atoms with van der Waals surface area (Å²) in [7, 11) is 0. The van der Waals surface area contributed by atoms with Crippen molar-refractivity contribution in [2.45, 2.75) is 26.9 Å². The smallest absolute Gasteiger partial charge is 0.0453 e. The molecule has 0 saturated heterocycles. The van der Waals surface area contributed by atoms with Crippen molar-refractivity contribution in [2.75, 3.05) is 0 Å². The molecule has 0 aliphatic rings. The van der Waals surface area contributed by atoms with Crippen LogP contribution in [0.4, 0.5) is 0 Å². The molecule has 18 heavy (non-hydrogen) atoms. The van der Waals surface area contributed by atoms with E-state index in [-0.39, 0.29) is 0 Å². The molecule has 1 nitrogen and oxygen atoms in total. The Morgan fingerprint density at radius 3 is 2.22 bits per heavy atom. The summed E-state index contributed by atoms with van der Waals surface area (Å²) in [6.45, 7) is 5.82. The van der Waals surface area contributed by atoms with Crippen molar-refractivity contribution in [1.82, 2.24) is 5.32 Å². The van der Waals surface area contributed by atoms with E-state index in [1.807, 2.05) is 6.07 Å². The predicted octanol–water partition coefficient (Wildman–Crippen LogP) is 4.25. The van der Waals surface area contributed by atoms with Crippen LogP contribution in [0.5, 0.6) is 0 Å². The van der Waals surface area contributed by atoms with Gasteiger partial charge in [-0.1, -0.05) is 53.6 Å². The minimum Gasteiger partial charge on any atom is -0.309 e. The number of aryl methyl sites for hydroxylation is 2. The SMILES string of the molecule is Cc1ccc(CNCc2ccc(C)cc2Cl)cc1. The molecule has 0 aliphatic heterocycles. The number of rotatable bonds is 4. The van der Waals surface area contributed by atoms with Crippen LogP contribution in [-0.2, 0) is 13.1 Å². The first-order chi connectivity index (χ1) is 8.65. The van der Waals surface area contributed by atoms with Gasteiger partial charge in [-0.05, 0) is 36.6 Å². The quantitative estimate of drug-likeness (QED) is 0.866. The van der Waals surface area contributed by atoms with Crippen LogP contribution in [0.15, 0.2) is 42.5 Å². The molecule has 0 unspecified atom stereocenters. The molecule has 0 spiro atoms. The molecule has 0 bridgehead atoms. The third-order valence-corrected chi connectivity index (χ3v) is 3.33. The van der Waals surface area contributed by atoms with Crippen molar-refractivity contribution in [3.05, 3.63) is 69.7 Å². The van der Waals surface area contributed by atoms with Gasteiger partial charge in [0.2, 0.25) is 0 Å². The maximum atomic E-state index is 6.19. The van der Waals surface area contributed by atoms with Crippen LogP contribution in [0.3, 0.4) is 0 Å². The topological polar surface area (TPSA) is 12.0 Å². The van der Waals surface area contributed by atoms with E-state index < -0.39 is 0 Å². The van der Waals surface area contributed by atoms with Crippen molar-refractivity contribution in [1.29, 1.82) is 0 Å². The molecular formula is C16H18ClN. The van der Waals surface area contributed by atoms with Gasteiger partial charge in [0.1, 0.15) is 0 Å². The molecule has 1 N–H and O–H groups in total. The van der Waals surface area contributed by atoms with Crippen molar-refractivity contribution >= 4 is 11.6 Å². The standard InChI is InChI=1S/C16H18ClN/c1-12-3-6-14(7-4-12)10-18-11-15-8-5-13(2)9-16(15)17/h3-9,18H,10-11H2,1-2H3. The van der Waals surface area contributed by atoms with E-state index in [4.69, 9.17) is 11.6 Å². The van der Waals surface area contributed by atoms with Crippen molar-refractivity contribution < 1.29 is 0 Å². The zero-order valence-electron chi connectivity index (χ0n) is 10.8. The van der Waals surface area contributed by atoms with Crippen LogP contribution < -0.4 is 5.32 Å². The molecule has 0 fully saturated rings. The zero-order valence-corrected chi connectivity index (χ0v) is 11.6. The minimum atomic E-state index is 0.799. The largest absolute Gasteiger partial charge is 0.309 e. The third-order valence-electron chi connectivity index (χ3n) is 2.97. The number of hydrogen-bond donors (Lipinski definition) is 1. The summed E-state index contributed by atoms with van der Waals surface area (Å²) in [5.41, 5.74) is 4.93. The Morgan fingerprint density at radius 2 is 1.56 bits per heavy atom. The Balaban J connectivity index is 1.90. The second-order valence-electron chi connectivity index (χ2n) is 4.68. The number of nitrogens with one attached hydrogen (secondary N) is 1. The number of halogens is 1.